The van der Waals surface area contributed by atoms with Gasteiger partial charge in [0.25, 0.3) is 0 Å². The summed E-state index contributed by atoms with van der Waals surface area (Å²) in [4.78, 5) is 17.7. The Hall–Kier alpha value is -1.71. The van der Waals surface area contributed by atoms with E-state index < -0.39 is 0 Å². The minimum atomic E-state index is -0.249. The molecule has 3 rings (SSSR count). The highest BCUT2D eigenvalue weighted by Gasteiger charge is 2.23. The van der Waals surface area contributed by atoms with Gasteiger partial charge in [-0.05, 0) is 56.2 Å². The van der Waals surface area contributed by atoms with Crippen LogP contribution in [0.4, 0.5) is 4.79 Å². The molecule has 1 heterocycles. The van der Waals surface area contributed by atoms with Gasteiger partial charge in [0.1, 0.15) is 5.75 Å². The van der Waals surface area contributed by atoms with Crippen LogP contribution >= 0.6 is 24.0 Å². The molecule has 2 N–H and O–H groups in total. The number of methoxy groups -OCH3 is 1. The van der Waals surface area contributed by atoms with Crippen molar-refractivity contribution in [2.24, 2.45) is 4.99 Å². The number of benzene rings is 1. The summed E-state index contributed by atoms with van der Waals surface area (Å²) in [5.41, 5.74) is 1.17. The number of nitrogens with zero attached hydrogens (tertiary/aromatic N) is 2. The zero-order chi connectivity index (χ0) is 20.5. The lowest BCUT2D eigenvalue weighted by molar-refractivity contribution is 0.111. The van der Waals surface area contributed by atoms with Crippen molar-refractivity contribution < 1.29 is 14.3 Å². The molecule has 8 heteroatoms. The number of piperidine rings is 1. The molecule has 0 unspecified atom stereocenters. The summed E-state index contributed by atoms with van der Waals surface area (Å²) in [5.74, 6) is 1.73. The second-order valence-corrected chi connectivity index (χ2v) is 7.83. The van der Waals surface area contributed by atoms with E-state index in [2.05, 4.69) is 27.8 Å². The number of amides is 1. The van der Waals surface area contributed by atoms with Gasteiger partial charge in [-0.15, -0.1) is 24.0 Å². The standard InChI is InChI=1S/C22H34N4O3.HI/c1-23-21(25-18-11-13-26(14-12-18)22(27)28-2)24-16-17-7-6-10-20(15-17)29-19-8-4-3-5-9-19;/h6-7,10,15,18-19H,3-5,8-9,11-14,16H2,1-2H3,(H2,23,24,25);1H. The van der Waals surface area contributed by atoms with E-state index in [1.165, 1.54) is 31.9 Å². The fourth-order valence-electron chi connectivity index (χ4n) is 4.01. The molecule has 7 nitrogen and oxygen atoms in total. The average molecular weight is 530 g/mol. The Morgan fingerprint density at radius 1 is 1.17 bits per heavy atom. The number of guanidine groups is 1. The summed E-state index contributed by atoms with van der Waals surface area (Å²) in [6.45, 7) is 2.08. The quantitative estimate of drug-likeness (QED) is 0.343. The molecule has 1 aliphatic carbocycles. The van der Waals surface area contributed by atoms with Crippen LogP contribution in [0.25, 0.3) is 0 Å². The largest absolute Gasteiger partial charge is 0.490 e. The zero-order valence-electron chi connectivity index (χ0n) is 18.1. The van der Waals surface area contributed by atoms with Gasteiger partial charge in [-0.25, -0.2) is 4.79 Å². The third kappa shape index (κ3) is 7.52. The van der Waals surface area contributed by atoms with Crippen LogP contribution in [-0.2, 0) is 11.3 Å². The van der Waals surface area contributed by atoms with Gasteiger partial charge >= 0.3 is 6.09 Å². The van der Waals surface area contributed by atoms with E-state index in [-0.39, 0.29) is 30.1 Å². The van der Waals surface area contributed by atoms with Gasteiger partial charge in [-0.2, -0.15) is 0 Å². The third-order valence-electron chi connectivity index (χ3n) is 5.71. The van der Waals surface area contributed by atoms with Crippen molar-refractivity contribution in [1.29, 1.82) is 0 Å². The average Bonchev–Trinajstić information content (AvgIpc) is 2.77. The third-order valence-corrected chi connectivity index (χ3v) is 5.71. The molecule has 1 aromatic carbocycles. The van der Waals surface area contributed by atoms with Crippen LogP contribution in [0.2, 0.25) is 0 Å². The van der Waals surface area contributed by atoms with E-state index >= 15 is 0 Å². The molecule has 2 fully saturated rings. The molecular weight excluding hydrogens is 495 g/mol. The number of hydrogen-bond acceptors (Lipinski definition) is 4. The predicted molar refractivity (Wildman–Crippen MR) is 130 cm³/mol. The number of likely N-dealkylation sites (tertiary alicyclic amines) is 1. The lowest BCUT2D eigenvalue weighted by Crippen LogP contribution is -2.49. The first-order valence-electron chi connectivity index (χ1n) is 10.7. The van der Waals surface area contributed by atoms with Gasteiger partial charge in [-0.1, -0.05) is 18.6 Å². The monoisotopic (exact) mass is 530 g/mol. The summed E-state index contributed by atoms with van der Waals surface area (Å²) >= 11 is 0. The maximum absolute atomic E-state index is 11.6. The normalized spacial score (nSPS) is 18.3. The van der Waals surface area contributed by atoms with Crippen LogP contribution in [0.15, 0.2) is 29.3 Å². The van der Waals surface area contributed by atoms with Crippen LogP contribution in [0.1, 0.15) is 50.5 Å². The number of carbonyl (C=O) groups is 1. The van der Waals surface area contributed by atoms with Crippen molar-refractivity contribution in [1.82, 2.24) is 15.5 Å². The number of hydrogen-bond donors (Lipinski definition) is 2. The van der Waals surface area contributed by atoms with Gasteiger partial charge in [0.05, 0.1) is 13.2 Å². The van der Waals surface area contributed by atoms with Crippen molar-refractivity contribution in [2.45, 2.75) is 63.6 Å². The number of nitrogens with one attached hydrogen (secondary N) is 2. The van der Waals surface area contributed by atoms with Gasteiger partial charge in [0.15, 0.2) is 5.96 Å². The van der Waals surface area contributed by atoms with Crippen LogP contribution in [-0.4, -0.2) is 56.3 Å². The molecule has 0 radical (unpaired) electrons. The highest BCUT2D eigenvalue weighted by atomic mass is 127. The molecule has 0 bridgehead atoms. The van der Waals surface area contributed by atoms with E-state index in [4.69, 9.17) is 9.47 Å². The van der Waals surface area contributed by atoms with Crippen LogP contribution < -0.4 is 15.4 Å². The van der Waals surface area contributed by atoms with Gasteiger partial charge in [-0.3, -0.25) is 4.99 Å². The molecule has 1 aliphatic heterocycles. The Bertz CT molecular complexity index is 687. The molecule has 0 atom stereocenters. The molecule has 0 spiro atoms. The second kappa shape index (κ2) is 12.9. The summed E-state index contributed by atoms with van der Waals surface area (Å²) < 4.78 is 11.0. The number of halogens is 1. The van der Waals surface area contributed by atoms with E-state index in [1.54, 1.807) is 11.9 Å². The fourth-order valence-corrected chi connectivity index (χ4v) is 4.01. The molecule has 2 aliphatic rings. The lowest BCUT2D eigenvalue weighted by Gasteiger charge is -2.32. The molecule has 0 aromatic heterocycles. The Balaban J connectivity index is 0.00000320. The number of aliphatic imine (C=N–C) groups is 1. The van der Waals surface area contributed by atoms with Crippen molar-refractivity contribution >= 4 is 36.0 Å². The van der Waals surface area contributed by atoms with E-state index in [9.17, 15) is 4.79 Å². The molecular formula is C22H35IN4O3. The first kappa shape index (κ1) is 24.6. The number of ether oxygens (including phenoxy) is 2. The Kier molecular flexibility index (Phi) is 10.5. The SMILES string of the molecule is CN=C(NCc1cccc(OC2CCCCC2)c1)NC1CCN(C(=O)OC)CC1.I. The van der Waals surface area contributed by atoms with Crippen LogP contribution in [0.3, 0.4) is 0 Å². The molecule has 1 aromatic rings. The van der Waals surface area contributed by atoms with E-state index in [0.717, 1.165) is 37.4 Å². The Labute approximate surface area is 197 Å². The summed E-state index contributed by atoms with van der Waals surface area (Å²) in [6.07, 6.45) is 8.05. The number of rotatable bonds is 5. The van der Waals surface area contributed by atoms with Crippen molar-refractivity contribution in [3.63, 3.8) is 0 Å². The second-order valence-electron chi connectivity index (χ2n) is 7.83. The maximum atomic E-state index is 11.6. The predicted octanol–water partition coefficient (Wildman–Crippen LogP) is 3.91. The summed E-state index contributed by atoms with van der Waals surface area (Å²) in [7, 11) is 3.20. The molecule has 1 amide bonds. The minimum Gasteiger partial charge on any atom is -0.490 e. The van der Waals surface area contributed by atoms with Crippen molar-refractivity contribution in [2.75, 3.05) is 27.2 Å². The Morgan fingerprint density at radius 3 is 2.57 bits per heavy atom. The minimum absolute atomic E-state index is 0. The Morgan fingerprint density at radius 2 is 1.90 bits per heavy atom. The van der Waals surface area contributed by atoms with Crippen molar-refractivity contribution in [3.05, 3.63) is 29.8 Å². The smallest absolute Gasteiger partial charge is 0.409 e. The fraction of sp³-hybridized carbons (Fsp3) is 0.636. The topological polar surface area (TPSA) is 75.2 Å². The van der Waals surface area contributed by atoms with Gasteiger partial charge < -0.3 is 25.0 Å². The zero-order valence-corrected chi connectivity index (χ0v) is 20.4. The van der Waals surface area contributed by atoms with Crippen LogP contribution in [0, 0.1) is 0 Å². The highest BCUT2D eigenvalue weighted by molar-refractivity contribution is 14.0. The van der Waals surface area contributed by atoms with Crippen molar-refractivity contribution in [3.8, 4) is 5.75 Å². The van der Waals surface area contributed by atoms with Gasteiger partial charge in [0.2, 0.25) is 0 Å². The highest BCUT2D eigenvalue weighted by Crippen LogP contribution is 2.24. The molecule has 168 valence electrons. The first-order chi connectivity index (χ1) is 14.2. The molecule has 1 saturated heterocycles. The van der Waals surface area contributed by atoms with Crippen LogP contribution in [0.5, 0.6) is 5.75 Å². The number of carbonyl (C=O) groups excluding carboxylic acids is 1. The first-order valence-corrected chi connectivity index (χ1v) is 10.7. The van der Waals surface area contributed by atoms with E-state index in [0.29, 0.717) is 31.8 Å². The lowest BCUT2D eigenvalue weighted by atomic mass is 9.98. The van der Waals surface area contributed by atoms with E-state index in [1.807, 2.05) is 12.1 Å². The summed E-state index contributed by atoms with van der Waals surface area (Å²) in [5, 5.41) is 6.85. The van der Waals surface area contributed by atoms with Gasteiger partial charge in [0, 0.05) is 32.7 Å². The summed E-state index contributed by atoms with van der Waals surface area (Å²) in [6, 6.07) is 8.60. The molecule has 1 saturated carbocycles. The molecule has 30 heavy (non-hydrogen) atoms. The maximum Gasteiger partial charge on any atom is 0.409 e.